The van der Waals surface area contributed by atoms with E-state index in [1.54, 1.807) is 0 Å². The minimum absolute atomic E-state index is 0.203. The molecule has 20 heavy (non-hydrogen) atoms. The first-order valence-electron chi connectivity index (χ1n) is 6.50. The number of nitrogens with zero attached hydrogens (tertiary/aromatic N) is 3. The van der Waals surface area contributed by atoms with Crippen LogP contribution in [0.2, 0.25) is 0 Å². The predicted octanol–water partition coefficient (Wildman–Crippen LogP) is 3.34. The zero-order valence-electron chi connectivity index (χ0n) is 11.1. The van der Waals surface area contributed by atoms with Crippen molar-refractivity contribution in [3.8, 4) is 0 Å². The Hall–Kier alpha value is -1.72. The number of fused-ring (bicyclic) bond motifs is 1. The average Bonchev–Trinajstić information content (AvgIpc) is 2.88. The summed E-state index contributed by atoms with van der Waals surface area (Å²) in [6.45, 7) is 2.86. The van der Waals surface area contributed by atoms with Crippen molar-refractivity contribution in [2.24, 2.45) is 0 Å². The quantitative estimate of drug-likeness (QED) is 0.797. The third-order valence-electron chi connectivity index (χ3n) is 3.27. The van der Waals surface area contributed by atoms with Crippen molar-refractivity contribution in [3.63, 3.8) is 0 Å². The molecule has 4 nitrogen and oxygen atoms in total. The molecule has 0 radical (unpaired) electrons. The fraction of sp³-hybridized carbons (Fsp3) is 0.200. The topological polar surface area (TPSA) is 42.2 Å². The van der Waals surface area contributed by atoms with Gasteiger partial charge in [-0.25, -0.2) is 4.98 Å². The van der Waals surface area contributed by atoms with E-state index in [-0.39, 0.29) is 6.04 Å². The summed E-state index contributed by atoms with van der Waals surface area (Å²) >= 11 is 3.49. The second kappa shape index (κ2) is 5.73. The minimum Gasteiger partial charge on any atom is -0.303 e. The summed E-state index contributed by atoms with van der Waals surface area (Å²) in [7, 11) is 0. The van der Waals surface area contributed by atoms with Crippen LogP contribution in [0.4, 0.5) is 0 Å². The zero-order valence-corrected chi connectivity index (χ0v) is 12.7. The monoisotopic (exact) mass is 330 g/mol. The van der Waals surface area contributed by atoms with Crippen LogP contribution in [0, 0.1) is 0 Å². The van der Waals surface area contributed by atoms with Crippen molar-refractivity contribution in [1.82, 2.24) is 19.7 Å². The van der Waals surface area contributed by atoms with Crippen molar-refractivity contribution in [2.75, 3.05) is 0 Å². The summed E-state index contributed by atoms with van der Waals surface area (Å²) < 4.78 is 3.13. The smallest absolute Gasteiger partial charge is 0.136 e. The third-order valence-corrected chi connectivity index (χ3v) is 3.74. The number of halogens is 1. The van der Waals surface area contributed by atoms with Gasteiger partial charge in [0.15, 0.2) is 0 Å². The molecule has 0 aromatic carbocycles. The van der Waals surface area contributed by atoms with E-state index in [2.05, 4.69) is 42.5 Å². The summed E-state index contributed by atoms with van der Waals surface area (Å²) in [6, 6.07) is 10.2. The molecule has 1 atom stereocenters. The number of aromatic nitrogens is 3. The molecule has 0 bridgehead atoms. The van der Waals surface area contributed by atoms with E-state index in [1.807, 2.05) is 48.9 Å². The molecule has 102 valence electrons. The zero-order chi connectivity index (χ0) is 13.9. The number of imidazole rings is 1. The van der Waals surface area contributed by atoms with Gasteiger partial charge >= 0.3 is 0 Å². The third kappa shape index (κ3) is 2.73. The molecule has 3 rings (SSSR count). The molecule has 0 aliphatic carbocycles. The Kier molecular flexibility index (Phi) is 3.80. The lowest BCUT2D eigenvalue weighted by Gasteiger charge is -2.12. The Morgan fingerprint density at radius 1 is 1.25 bits per heavy atom. The van der Waals surface area contributed by atoms with Crippen LogP contribution in [0.1, 0.15) is 24.4 Å². The van der Waals surface area contributed by atoms with Crippen molar-refractivity contribution >= 4 is 21.6 Å². The van der Waals surface area contributed by atoms with E-state index in [0.717, 1.165) is 28.1 Å². The molecule has 5 heteroatoms. The molecule has 0 amide bonds. The van der Waals surface area contributed by atoms with E-state index in [0.29, 0.717) is 0 Å². The van der Waals surface area contributed by atoms with Gasteiger partial charge in [-0.1, -0.05) is 6.07 Å². The number of hydrogen-bond donors (Lipinski definition) is 1. The van der Waals surface area contributed by atoms with Gasteiger partial charge in [0, 0.05) is 29.5 Å². The highest BCUT2D eigenvalue weighted by Gasteiger charge is 2.08. The first-order valence-corrected chi connectivity index (χ1v) is 7.29. The predicted molar refractivity (Wildman–Crippen MR) is 82.4 cm³/mol. The Labute approximate surface area is 126 Å². The van der Waals surface area contributed by atoms with Gasteiger partial charge in [0.1, 0.15) is 5.65 Å². The van der Waals surface area contributed by atoms with Gasteiger partial charge in [0.05, 0.1) is 17.6 Å². The van der Waals surface area contributed by atoms with E-state index in [4.69, 9.17) is 0 Å². The molecule has 3 aromatic rings. The molecule has 0 spiro atoms. The lowest BCUT2D eigenvalue weighted by molar-refractivity contribution is 0.553. The Bertz CT molecular complexity index is 708. The highest BCUT2D eigenvalue weighted by molar-refractivity contribution is 9.10. The maximum Gasteiger partial charge on any atom is 0.136 e. The average molecular weight is 331 g/mol. The molecule has 0 saturated carbocycles. The fourth-order valence-corrected chi connectivity index (χ4v) is 2.47. The second-order valence-electron chi connectivity index (χ2n) is 4.68. The largest absolute Gasteiger partial charge is 0.303 e. The molecule has 0 saturated heterocycles. The van der Waals surface area contributed by atoms with Gasteiger partial charge in [0.25, 0.3) is 0 Å². The molecule has 0 unspecified atom stereocenters. The van der Waals surface area contributed by atoms with Gasteiger partial charge < -0.3 is 9.72 Å². The first-order chi connectivity index (χ1) is 9.74. The Morgan fingerprint density at radius 3 is 2.95 bits per heavy atom. The van der Waals surface area contributed by atoms with Gasteiger partial charge in [-0.2, -0.15) is 0 Å². The molecule has 0 aliphatic rings. The van der Waals surface area contributed by atoms with Gasteiger partial charge in [-0.05, 0) is 47.1 Å². The Balaban J connectivity index is 1.75. The minimum atomic E-state index is 0.203. The highest BCUT2D eigenvalue weighted by atomic mass is 79.9. The highest BCUT2D eigenvalue weighted by Crippen LogP contribution is 2.15. The molecule has 1 N–H and O–H groups in total. The van der Waals surface area contributed by atoms with E-state index in [9.17, 15) is 0 Å². The Morgan fingerprint density at radius 2 is 2.15 bits per heavy atom. The summed E-state index contributed by atoms with van der Waals surface area (Å²) in [6.07, 6.45) is 5.75. The molecule has 0 fully saturated rings. The number of hydrogen-bond acceptors (Lipinski definition) is 3. The van der Waals surface area contributed by atoms with Crippen LogP contribution in [0.25, 0.3) is 5.65 Å². The van der Waals surface area contributed by atoms with E-state index < -0.39 is 0 Å². The lowest BCUT2D eigenvalue weighted by atomic mass is 10.2. The maximum atomic E-state index is 4.40. The molecule has 3 heterocycles. The molecule has 3 aromatic heterocycles. The summed E-state index contributed by atoms with van der Waals surface area (Å²) in [5, 5.41) is 3.47. The number of nitrogens with one attached hydrogen (secondary N) is 1. The van der Waals surface area contributed by atoms with Crippen LogP contribution in [-0.2, 0) is 6.54 Å². The van der Waals surface area contributed by atoms with Gasteiger partial charge in [-0.15, -0.1) is 0 Å². The first kappa shape index (κ1) is 13.3. The van der Waals surface area contributed by atoms with Crippen LogP contribution in [0.15, 0.2) is 53.4 Å². The van der Waals surface area contributed by atoms with Crippen molar-refractivity contribution in [1.29, 1.82) is 0 Å². The van der Waals surface area contributed by atoms with E-state index >= 15 is 0 Å². The standard InChI is InChI=1S/C15H15BrN4/c1-11(14-4-2-3-7-17-14)18-8-13-9-19-15-6-5-12(16)10-20(13)15/h2-7,9-11,18H,8H2,1H3/t11-/m0/s1. The normalized spacial score (nSPS) is 12.7. The number of rotatable bonds is 4. The summed E-state index contributed by atoms with van der Waals surface area (Å²) in [5.41, 5.74) is 3.13. The SMILES string of the molecule is C[C@H](NCc1cnc2ccc(Br)cn12)c1ccccn1. The van der Waals surface area contributed by atoms with Gasteiger partial charge in [0.2, 0.25) is 0 Å². The number of pyridine rings is 2. The molecular weight excluding hydrogens is 316 g/mol. The van der Waals surface area contributed by atoms with Crippen molar-refractivity contribution in [3.05, 3.63) is 64.8 Å². The fourth-order valence-electron chi connectivity index (χ4n) is 2.13. The van der Waals surface area contributed by atoms with Crippen LogP contribution in [-0.4, -0.2) is 14.4 Å². The second-order valence-corrected chi connectivity index (χ2v) is 5.60. The summed E-state index contributed by atoms with van der Waals surface area (Å²) in [5.74, 6) is 0. The van der Waals surface area contributed by atoms with Gasteiger partial charge in [-0.3, -0.25) is 4.98 Å². The van der Waals surface area contributed by atoms with Crippen LogP contribution in [0.3, 0.4) is 0 Å². The molecule has 0 aliphatic heterocycles. The van der Waals surface area contributed by atoms with Crippen LogP contribution < -0.4 is 5.32 Å². The van der Waals surface area contributed by atoms with Crippen LogP contribution in [0.5, 0.6) is 0 Å². The summed E-state index contributed by atoms with van der Waals surface area (Å²) in [4.78, 5) is 8.76. The van der Waals surface area contributed by atoms with Crippen LogP contribution >= 0.6 is 15.9 Å². The van der Waals surface area contributed by atoms with Crippen molar-refractivity contribution in [2.45, 2.75) is 19.5 Å². The lowest BCUT2D eigenvalue weighted by Crippen LogP contribution is -2.19. The van der Waals surface area contributed by atoms with E-state index in [1.165, 1.54) is 0 Å². The molecular formula is C15H15BrN4. The maximum absolute atomic E-state index is 4.40. The van der Waals surface area contributed by atoms with Crippen molar-refractivity contribution < 1.29 is 0 Å².